The van der Waals surface area contributed by atoms with E-state index in [0.717, 1.165) is 6.07 Å². The van der Waals surface area contributed by atoms with E-state index in [2.05, 4.69) is 25.7 Å². The Kier molecular flexibility index (Phi) is 3.49. The molecule has 0 amide bonds. The summed E-state index contributed by atoms with van der Waals surface area (Å²) in [5.74, 6) is -2.39. The highest BCUT2D eigenvalue weighted by atomic mass is 79.9. The first-order valence-corrected chi connectivity index (χ1v) is 5.85. The minimum atomic E-state index is -0.848. The van der Waals surface area contributed by atoms with Crippen LogP contribution >= 0.6 is 27.5 Å². The van der Waals surface area contributed by atoms with Gasteiger partial charge in [0.1, 0.15) is 16.8 Å². The number of fused-ring (bicyclic) bond motifs is 1. The quantitative estimate of drug-likeness (QED) is 0.453. The normalized spacial score (nSPS) is 10.7. The van der Waals surface area contributed by atoms with Crippen molar-refractivity contribution in [2.45, 2.75) is 0 Å². The van der Waals surface area contributed by atoms with Crippen LogP contribution in [-0.4, -0.2) is 18.1 Å². The molecule has 0 saturated heterocycles. The van der Waals surface area contributed by atoms with Crippen molar-refractivity contribution in [1.29, 1.82) is 0 Å². The lowest BCUT2D eigenvalue weighted by Crippen LogP contribution is -2.04. The number of rotatable bonds is 1. The van der Waals surface area contributed by atoms with Crippen molar-refractivity contribution in [3.63, 3.8) is 0 Å². The summed E-state index contributed by atoms with van der Waals surface area (Å²) < 4.78 is 31.3. The molecule has 0 spiro atoms. The van der Waals surface area contributed by atoms with Gasteiger partial charge in [-0.2, -0.15) is 0 Å². The number of ether oxygens (including phenoxy) is 1. The van der Waals surface area contributed by atoms with Gasteiger partial charge in [0, 0.05) is 11.5 Å². The average Bonchev–Trinajstić information content (AvgIpc) is 2.35. The number of nitrogens with zero attached hydrogens (tertiary/aromatic N) is 1. The van der Waals surface area contributed by atoms with E-state index in [9.17, 15) is 13.6 Å². The maximum absolute atomic E-state index is 13.8. The molecule has 7 heteroatoms. The van der Waals surface area contributed by atoms with Crippen molar-refractivity contribution in [1.82, 2.24) is 4.98 Å². The average molecular weight is 337 g/mol. The number of hydrogen-bond donors (Lipinski definition) is 0. The van der Waals surface area contributed by atoms with Gasteiger partial charge in [-0.3, -0.25) is 0 Å². The summed E-state index contributed by atoms with van der Waals surface area (Å²) in [6, 6.07) is 2.20. The molecule has 0 atom stereocenters. The van der Waals surface area contributed by atoms with Crippen molar-refractivity contribution >= 4 is 44.4 Å². The van der Waals surface area contributed by atoms with Crippen LogP contribution in [0.1, 0.15) is 10.4 Å². The second kappa shape index (κ2) is 4.78. The summed E-state index contributed by atoms with van der Waals surface area (Å²) in [5, 5.41) is -0.191. The van der Waals surface area contributed by atoms with Gasteiger partial charge in [-0.15, -0.1) is 0 Å². The van der Waals surface area contributed by atoms with Gasteiger partial charge < -0.3 is 4.74 Å². The fourth-order valence-electron chi connectivity index (χ4n) is 1.45. The number of hydrogen-bond acceptors (Lipinski definition) is 3. The molecule has 2 aromatic rings. The van der Waals surface area contributed by atoms with E-state index >= 15 is 0 Å². The first-order chi connectivity index (χ1) is 8.45. The zero-order valence-corrected chi connectivity index (χ0v) is 11.3. The minimum absolute atomic E-state index is 0.0193. The van der Waals surface area contributed by atoms with E-state index in [1.54, 1.807) is 0 Å². The third kappa shape index (κ3) is 2.06. The van der Waals surface area contributed by atoms with Crippen molar-refractivity contribution in [2.75, 3.05) is 7.11 Å². The van der Waals surface area contributed by atoms with E-state index in [4.69, 9.17) is 11.6 Å². The first kappa shape index (κ1) is 13.2. The molecule has 0 unspecified atom stereocenters. The van der Waals surface area contributed by atoms with Gasteiger partial charge in [-0.05, 0) is 22.0 Å². The number of benzene rings is 1. The van der Waals surface area contributed by atoms with Crippen LogP contribution in [0.25, 0.3) is 10.9 Å². The maximum Gasteiger partial charge on any atom is 0.341 e. The van der Waals surface area contributed by atoms with E-state index in [1.165, 1.54) is 13.2 Å². The minimum Gasteiger partial charge on any atom is -0.465 e. The third-order valence-corrected chi connectivity index (χ3v) is 3.33. The summed E-state index contributed by atoms with van der Waals surface area (Å²) in [5.41, 5.74) is -0.0603. The Morgan fingerprint density at radius 3 is 2.72 bits per heavy atom. The molecule has 1 aromatic carbocycles. The number of carbonyl (C=O) groups excluding carboxylic acids is 1. The smallest absolute Gasteiger partial charge is 0.341 e. The molecule has 0 radical (unpaired) electrons. The fourth-order valence-corrected chi connectivity index (χ4v) is 2.00. The number of halogens is 4. The summed E-state index contributed by atoms with van der Waals surface area (Å²) >= 11 is 8.52. The van der Waals surface area contributed by atoms with Crippen molar-refractivity contribution in [3.05, 3.63) is 39.0 Å². The highest BCUT2D eigenvalue weighted by Gasteiger charge is 2.18. The topological polar surface area (TPSA) is 39.2 Å². The molecule has 18 heavy (non-hydrogen) atoms. The Labute approximate surface area is 114 Å². The molecule has 0 saturated carbocycles. The molecule has 1 heterocycles. The third-order valence-electron chi connectivity index (χ3n) is 2.31. The largest absolute Gasteiger partial charge is 0.465 e. The monoisotopic (exact) mass is 335 g/mol. The van der Waals surface area contributed by atoms with E-state index in [-0.39, 0.29) is 26.1 Å². The van der Waals surface area contributed by atoms with Crippen LogP contribution in [0.5, 0.6) is 0 Å². The van der Waals surface area contributed by atoms with Crippen LogP contribution in [-0.2, 0) is 4.74 Å². The van der Waals surface area contributed by atoms with Crippen molar-refractivity contribution in [3.8, 4) is 0 Å². The van der Waals surface area contributed by atoms with Gasteiger partial charge in [-0.25, -0.2) is 18.6 Å². The predicted octanol–water partition coefficient (Wildman–Crippen LogP) is 3.72. The van der Waals surface area contributed by atoms with Crippen LogP contribution in [0.15, 0.2) is 16.6 Å². The Balaban J connectivity index is 2.82. The number of esters is 1. The number of carbonyl (C=O) groups is 1. The molecular weight excluding hydrogens is 331 g/mol. The van der Waals surface area contributed by atoms with Gasteiger partial charge in [-0.1, -0.05) is 11.6 Å². The van der Waals surface area contributed by atoms with Crippen LogP contribution in [0, 0.1) is 11.6 Å². The fraction of sp³-hybridized carbons (Fsp3) is 0.0909. The Morgan fingerprint density at radius 2 is 2.11 bits per heavy atom. The van der Waals surface area contributed by atoms with Gasteiger partial charge in [0.2, 0.25) is 0 Å². The number of methoxy groups -OCH3 is 1. The number of pyridine rings is 1. The number of aromatic nitrogens is 1. The molecule has 0 aliphatic carbocycles. The molecular formula is C11H5BrClF2NO2. The lowest BCUT2D eigenvalue weighted by Gasteiger charge is -2.06. The summed E-state index contributed by atoms with van der Waals surface area (Å²) in [6.45, 7) is 0. The summed E-state index contributed by atoms with van der Waals surface area (Å²) in [7, 11) is 1.17. The zero-order chi connectivity index (χ0) is 13.4. The highest BCUT2D eigenvalue weighted by molar-refractivity contribution is 9.10. The Morgan fingerprint density at radius 1 is 1.44 bits per heavy atom. The van der Waals surface area contributed by atoms with Gasteiger partial charge in [0.15, 0.2) is 0 Å². The summed E-state index contributed by atoms with van der Waals surface area (Å²) in [6.07, 6.45) is 0. The van der Waals surface area contributed by atoms with Crippen LogP contribution in [0.4, 0.5) is 8.78 Å². The molecule has 94 valence electrons. The van der Waals surface area contributed by atoms with Crippen LogP contribution in [0.2, 0.25) is 5.15 Å². The molecule has 0 aliphatic heterocycles. The zero-order valence-electron chi connectivity index (χ0n) is 8.93. The van der Waals surface area contributed by atoms with E-state index < -0.39 is 17.6 Å². The standard InChI is InChI=1S/C11H5BrClF2NO2/c1-18-11(17)5-2-4-7(16-10(5)13)3-6(14)8(12)9(4)15/h2-3H,1H3. The van der Waals surface area contributed by atoms with Crippen molar-refractivity contribution in [2.24, 2.45) is 0 Å². The second-order valence-corrected chi connectivity index (χ2v) is 4.52. The Bertz CT molecular complexity index is 663. The van der Waals surface area contributed by atoms with Gasteiger partial charge >= 0.3 is 5.97 Å². The van der Waals surface area contributed by atoms with Gasteiger partial charge in [0.05, 0.1) is 22.7 Å². The highest BCUT2D eigenvalue weighted by Crippen LogP contribution is 2.29. The molecule has 2 rings (SSSR count). The SMILES string of the molecule is COC(=O)c1cc2c(F)c(Br)c(F)cc2nc1Cl. The Hall–Kier alpha value is -1.27. The lowest BCUT2D eigenvalue weighted by atomic mass is 10.1. The second-order valence-electron chi connectivity index (χ2n) is 3.37. The van der Waals surface area contributed by atoms with Crippen molar-refractivity contribution < 1.29 is 18.3 Å². The molecule has 0 N–H and O–H groups in total. The lowest BCUT2D eigenvalue weighted by molar-refractivity contribution is 0.0600. The van der Waals surface area contributed by atoms with E-state index in [0.29, 0.717) is 0 Å². The first-order valence-electron chi connectivity index (χ1n) is 4.67. The molecule has 1 aromatic heterocycles. The van der Waals surface area contributed by atoms with Crippen LogP contribution < -0.4 is 0 Å². The van der Waals surface area contributed by atoms with Gasteiger partial charge in [0.25, 0.3) is 0 Å². The molecule has 0 bridgehead atoms. The molecule has 0 fully saturated rings. The van der Waals surface area contributed by atoms with E-state index in [1.807, 2.05) is 0 Å². The molecule has 0 aliphatic rings. The predicted molar refractivity (Wildman–Crippen MR) is 65.7 cm³/mol. The summed E-state index contributed by atoms with van der Waals surface area (Å²) in [4.78, 5) is 15.2. The maximum atomic E-state index is 13.8. The molecule has 3 nitrogen and oxygen atoms in total. The van der Waals surface area contributed by atoms with Crippen LogP contribution in [0.3, 0.4) is 0 Å².